The molecule has 2 rings (SSSR count). The van der Waals surface area contributed by atoms with Crippen LogP contribution in [0.25, 0.3) is 0 Å². The number of carbonyl (C=O) groups excluding carboxylic acids is 2. The number of nitrogens with zero attached hydrogens (tertiary/aromatic N) is 2. The Morgan fingerprint density at radius 1 is 1.39 bits per heavy atom. The molecule has 0 saturated carbocycles. The number of nitrogens with one attached hydrogen (secondary N) is 2. The van der Waals surface area contributed by atoms with Crippen molar-refractivity contribution >= 4 is 23.8 Å². The third-order valence-electron chi connectivity index (χ3n) is 4.23. The molecule has 1 atom stereocenters. The van der Waals surface area contributed by atoms with Crippen LogP contribution < -0.4 is 15.8 Å². The number of hydrogen-bond acceptors (Lipinski definition) is 5. The fraction of sp³-hybridized carbons (Fsp3) is 0.600. The summed E-state index contributed by atoms with van der Waals surface area (Å²) in [6.45, 7) is 1.81. The van der Waals surface area contributed by atoms with E-state index in [4.69, 9.17) is 5.73 Å². The molecule has 0 radical (unpaired) electrons. The molecule has 0 aliphatic carbocycles. The average Bonchev–Trinajstić information content (AvgIpc) is 3.17. The Kier molecular flexibility index (Phi) is 6.49. The molecule has 1 fully saturated rings. The van der Waals surface area contributed by atoms with Gasteiger partial charge in [-0.15, -0.1) is 0 Å². The van der Waals surface area contributed by atoms with Crippen molar-refractivity contribution in [3.05, 3.63) is 23.5 Å². The Balaban J connectivity index is 1.91. The van der Waals surface area contributed by atoms with Gasteiger partial charge in [-0.25, -0.2) is 0 Å². The molecule has 1 aliphatic heterocycles. The lowest BCUT2D eigenvalue weighted by Gasteiger charge is -2.24. The predicted molar refractivity (Wildman–Crippen MR) is 91.4 cm³/mol. The van der Waals surface area contributed by atoms with Crippen molar-refractivity contribution in [2.75, 3.05) is 19.3 Å². The van der Waals surface area contributed by atoms with Crippen molar-refractivity contribution in [1.82, 2.24) is 19.5 Å². The summed E-state index contributed by atoms with van der Waals surface area (Å²) in [7, 11) is 1.93. The largest absolute Gasteiger partial charge is 0.349 e. The highest BCUT2D eigenvalue weighted by Gasteiger charge is 2.33. The van der Waals surface area contributed by atoms with Gasteiger partial charge in [-0.1, -0.05) is 11.9 Å². The normalized spacial score (nSPS) is 17.5. The molecular weight excluding hydrogens is 314 g/mol. The molecule has 0 aromatic carbocycles. The molecule has 2 amide bonds. The smallest absolute Gasteiger partial charge is 0.243 e. The Labute approximate surface area is 141 Å². The molecule has 4 N–H and O–H groups in total. The predicted octanol–water partition coefficient (Wildman–Crippen LogP) is -0.0414. The van der Waals surface area contributed by atoms with E-state index in [-0.39, 0.29) is 24.4 Å². The van der Waals surface area contributed by atoms with Gasteiger partial charge in [-0.05, 0) is 31.2 Å². The third kappa shape index (κ3) is 4.27. The number of nitrogens with two attached hydrogens (primary N) is 1. The van der Waals surface area contributed by atoms with Gasteiger partial charge in [0.2, 0.25) is 11.8 Å². The van der Waals surface area contributed by atoms with Gasteiger partial charge in [0, 0.05) is 31.5 Å². The summed E-state index contributed by atoms with van der Waals surface area (Å²) in [5.41, 5.74) is 7.67. The van der Waals surface area contributed by atoms with Gasteiger partial charge >= 0.3 is 0 Å². The van der Waals surface area contributed by atoms with Crippen LogP contribution in [0.1, 0.15) is 24.2 Å². The van der Waals surface area contributed by atoms with Gasteiger partial charge in [0.25, 0.3) is 0 Å². The van der Waals surface area contributed by atoms with E-state index in [1.807, 2.05) is 30.0 Å². The van der Waals surface area contributed by atoms with Crippen LogP contribution in [0.5, 0.6) is 0 Å². The third-order valence-corrected chi connectivity index (χ3v) is 4.66. The molecule has 1 aliphatic rings. The second-order valence-corrected chi connectivity index (χ2v) is 6.26. The van der Waals surface area contributed by atoms with E-state index in [2.05, 4.69) is 10.0 Å². The highest BCUT2D eigenvalue weighted by Crippen LogP contribution is 2.18. The zero-order valence-electron chi connectivity index (χ0n) is 13.7. The standard InChI is InChI=1S/C15H25N5O2S/c1-19-11(8-16)5-6-12(19)9-17-15(22)13-4-3-7-20(13)14(21)10-18-23-2/h5-6,13,18H,3-4,7-10,16H2,1-2H3,(H,17,22). The van der Waals surface area contributed by atoms with Crippen molar-refractivity contribution in [3.8, 4) is 0 Å². The Morgan fingerprint density at radius 3 is 2.78 bits per heavy atom. The van der Waals surface area contributed by atoms with Crippen LogP contribution in [-0.4, -0.2) is 46.7 Å². The monoisotopic (exact) mass is 339 g/mol. The van der Waals surface area contributed by atoms with Gasteiger partial charge in [0.1, 0.15) is 6.04 Å². The van der Waals surface area contributed by atoms with Crippen LogP contribution >= 0.6 is 11.9 Å². The van der Waals surface area contributed by atoms with Crippen molar-refractivity contribution in [2.24, 2.45) is 12.8 Å². The zero-order valence-corrected chi connectivity index (χ0v) is 14.5. The quantitative estimate of drug-likeness (QED) is 0.606. The summed E-state index contributed by atoms with van der Waals surface area (Å²) in [5.74, 6) is -0.114. The van der Waals surface area contributed by atoms with E-state index in [0.717, 1.165) is 24.2 Å². The summed E-state index contributed by atoms with van der Waals surface area (Å²) in [5, 5.41) is 2.94. The first-order valence-corrected chi connectivity index (χ1v) is 8.97. The second kappa shape index (κ2) is 8.37. The van der Waals surface area contributed by atoms with E-state index in [9.17, 15) is 9.59 Å². The molecule has 128 valence electrons. The minimum Gasteiger partial charge on any atom is -0.349 e. The molecule has 0 bridgehead atoms. The van der Waals surface area contributed by atoms with E-state index in [0.29, 0.717) is 19.6 Å². The number of amides is 2. The van der Waals surface area contributed by atoms with E-state index in [1.54, 1.807) is 4.90 Å². The summed E-state index contributed by atoms with van der Waals surface area (Å²) in [6, 6.07) is 3.56. The van der Waals surface area contributed by atoms with E-state index < -0.39 is 0 Å². The number of hydrogen-bond donors (Lipinski definition) is 3. The van der Waals surface area contributed by atoms with Crippen LogP contribution in [0.4, 0.5) is 0 Å². The van der Waals surface area contributed by atoms with Crippen LogP contribution in [0, 0.1) is 0 Å². The maximum Gasteiger partial charge on any atom is 0.243 e. The van der Waals surface area contributed by atoms with Crippen LogP contribution in [0.2, 0.25) is 0 Å². The molecule has 7 nitrogen and oxygen atoms in total. The van der Waals surface area contributed by atoms with Crippen LogP contribution in [-0.2, 0) is 29.7 Å². The van der Waals surface area contributed by atoms with Gasteiger partial charge < -0.3 is 20.5 Å². The molecule has 0 spiro atoms. The lowest BCUT2D eigenvalue weighted by atomic mass is 10.2. The molecular formula is C15H25N5O2S. The molecule has 2 heterocycles. The fourth-order valence-corrected chi connectivity index (χ4v) is 3.12. The molecule has 1 unspecified atom stereocenters. The van der Waals surface area contributed by atoms with Crippen LogP contribution in [0.15, 0.2) is 12.1 Å². The Hall–Kier alpha value is -1.51. The highest BCUT2D eigenvalue weighted by atomic mass is 32.2. The van der Waals surface area contributed by atoms with Crippen molar-refractivity contribution in [2.45, 2.75) is 32.0 Å². The Bertz CT molecular complexity index is 560. The molecule has 8 heteroatoms. The number of likely N-dealkylation sites (tertiary alicyclic amines) is 1. The summed E-state index contributed by atoms with van der Waals surface area (Å²) in [6.07, 6.45) is 3.46. The Morgan fingerprint density at radius 2 is 2.13 bits per heavy atom. The highest BCUT2D eigenvalue weighted by molar-refractivity contribution is 7.96. The maximum absolute atomic E-state index is 12.4. The van der Waals surface area contributed by atoms with Gasteiger partial charge in [-0.3, -0.25) is 14.3 Å². The zero-order chi connectivity index (χ0) is 16.8. The molecule has 23 heavy (non-hydrogen) atoms. The van der Waals surface area contributed by atoms with Gasteiger partial charge in [0.15, 0.2) is 0 Å². The van der Waals surface area contributed by atoms with Gasteiger partial charge in [0.05, 0.1) is 13.1 Å². The van der Waals surface area contributed by atoms with E-state index >= 15 is 0 Å². The number of aromatic nitrogens is 1. The first kappa shape index (κ1) is 17.8. The molecule has 1 saturated heterocycles. The van der Waals surface area contributed by atoms with Crippen molar-refractivity contribution in [3.63, 3.8) is 0 Å². The van der Waals surface area contributed by atoms with Gasteiger partial charge in [-0.2, -0.15) is 0 Å². The second-order valence-electron chi connectivity index (χ2n) is 5.57. The fourth-order valence-electron chi connectivity index (χ4n) is 2.85. The summed E-state index contributed by atoms with van der Waals surface area (Å²) >= 11 is 1.40. The number of rotatable bonds is 7. The van der Waals surface area contributed by atoms with Crippen molar-refractivity contribution in [1.29, 1.82) is 0 Å². The first-order chi connectivity index (χ1) is 11.1. The lowest BCUT2D eigenvalue weighted by molar-refractivity contribution is -0.137. The topological polar surface area (TPSA) is 92.4 Å². The minimum atomic E-state index is -0.361. The maximum atomic E-state index is 12.4. The average molecular weight is 339 g/mol. The van der Waals surface area contributed by atoms with E-state index in [1.165, 1.54) is 11.9 Å². The minimum absolute atomic E-state index is 0.0266. The number of carbonyl (C=O) groups is 2. The SMILES string of the molecule is CSNCC(=O)N1CCCC1C(=O)NCc1ccc(CN)n1C. The van der Waals surface area contributed by atoms with Crippen molar-refractivity contribution < 1.29 is 9.59 Å². The summed E-state index contributed by atoms with van der Waals surface area (Å²) < 4.78 is 4.92. The lowest BCUT2D eigenvalue weighted by Crippen LogP contribution is -2.47. The van der Waals surface area contributed by atoms with Crippen LogP contribution in [0.3, 0.4) is 0 Å². The first-order valence-electron chi connectivity index (χ1n) is 7.75. The molecule has 1 aromatic heterocycles. The summed E-state index contributed by atoms with van der Waals surface area (Å²) in [4.78, 5) is 26.2. The molecule has 1 aromatic rings.